The van der Waals surface area contributed by atoms with Crippen LogP contribution in [0.15, 0.2) is 12.3 Å². The Kier molecular flexibility index (Phi) is 7.31. The molecule has 6 nitrogen and oxygen atoms in total. The molecule has 20 heavy (non-hydrogen) atoms. The number of hydrogen-bond acceptors (Lipinski definition) is 4. The van der Waals surface area contributed by atoms with E-state index in [2.05, 4.69) is 5.32 Å². The molecule has 0 saturated carbocycles. The van der Waals surface area contributed by atoms with Crippen molar-refractivity contribution in [1.82, 2.24) is 4.57 Å². The number of ether oxygens (including phenoxy) is 1. The van der Waals surface area contributed by atoms with E-state index in [4.69, 9.17) is 10.5 Å². The van der Waals surface area contributed by atoms with Crippen LogP contribution >= 0.6 is 12.4 Å². The van der Waals surface area contributed by atoms with Crippen molar-refractivity contribution in [1.29, 1.82) is 0 Å². The van der Waals surface area contributed by atoms with Crippen LogP contribution in [0.4, 0.5) is 5.69 Å². The molecule has 0 bridgehead atoms. The minimum atomic E-state index is -0.411. The molecule has 0 saturated heterocycles. The van der Waals surface area contributed by atoms with Gasteiger partial charge in [0.1, 0.15) is 5.69 Å². The molecule has 1 amide bonds. The molecule has 7 heteroatoms. The van der Waals surface area contributed by atoms with Gasteiger partial charge in [0.2, 0.25) is 5.91 Å². The second-order valence-electron chi connectivity index (χ2n) is 4.58. The van der Waals surface area contributed by atoms with Crippen LogP contribution in [0.25, 0.3) is 0 Å². The van der Waals surface area contributed by atoms with Crippen molar-refractivity contribution in [2.24, 2.45) is 18.7 Å². The van der Waals surface area contributed by atoms with E-state index < -0.39 is 5.97 Å². The number of hydrogen-bond donors (Lipinski definition) is 2. The van der Waals surface area contributed by atoms with E-state index in [9.17, 15) is 9.59 Å². The van der Waals surface area contributed by atoms with Crippen LogP contribution in [0, 0.1) is 5.92 Å². The van der Waals surface area contributed by atoms with E-state index in [-0.39, 0.29) is 30.3 Å². The molecule has 0 aliphatic carbocycles. The Bertz CT molecular complexity index is 471. The summed E-state index contributed by atoms with van der Waals surface area (Å²) in [6, 6.07) is 1.36. The molecule has 0 aromatic carbocycles. The van der Waals surface area contributed by atoms with Gasteiger partial charge < -0.3 is 20.4 Å². The molecule has 1 rings (SSSR count). The first-order valence-electron chi connectivity index (χ1n) is 6.26. The second kappa shape index (κ2) is 7.91. The Labute approximate surface area is 125 Å². The van der Waals surface area contributed by atoms with Crippen molar-refractivity contribution in [3.8, 4) is 0 Å². The third kappa shape index (κ3) is 4.54. The van der Waals surface area contributed by atoms with Gasteiger partial charge in [-0.2, -0.15) is 0 Å². The summed E-state index contributed by atoms with van der Waals surface area (Å²) in [5, 5.41) is 2.73. The van der Waals surface area contributed by atoms with Gasteiger partial charge in [-0.3, -0.25) is 4.79 Å². The van der Waals surface area contributed by atoms with Crippen LogP contribution in [-0.4, -0.2) is 29.1 Å². The topological polar surface area (TPSA) is 86.3 Å². The predicted octanol–water partition coefficient (Wildman–Crippen LogP) is 1.55. The van der Waals surface area contributed by atoms with Crippen molar-refractivity contribution in [3.63, 3.8) is 0 Å². The van der Waals surface area contributed by atoms with E-state index >= 15 is 0 Å². The van der Waals surface area contributed by atoms with Crippen LogP contribution in [0.1, 0.15) is 31.3 Å². The first-order chi connectivity index (χ1) is 8.86. The van der Waals surface area contributed by atoms with Crippen LogP contribution in [0.3, 0.4) is 0 Å². The number of aryl methyl sites for hydroxylation is 1. The normalized spacial score (nSPS) is 13.1. The SMILES string of the molecule is CCOC(=O)c1cc(NC(=O)C(C)C(C)N)cn1C.Cl. The summed E-state index contributed by atoms with van der Waals surface area (Å²) < 4.78 is 6.54. The van der Waals surface area contributed by atoms with Gasteiger partial charge in [-0.15, -0.1) is 12.4 Å². The monoisotopic (exact) mass is 303 g/mol. The Balaban J connectivity index is 0.00000361. The molecule has 1 aromatic heterocycles. The largest absolute Gasteiger partial charge is 0.461 e. The number of anilines is 1. The maximum atomic E-state index is 11.9. The van der Waals surface area contributed by atoms with Gasteiger partial charge in [0.05, 0.1) is 18.2 Å². The van der Waals surface area contributed by atoms with Crippen molar-refractivity contribution >= 4 is 30.0 Å². The van der Waals surface area contributed by atoms with Crippen LogP contribution < -0.4 is 11.1 Å². The highest BCUT2D eigenvalue weighted by Crippen LogP contribution is 2.15. The van der Waals surface area contributed by atoms with Crippen molar-refractivity contribution in [2.45, 2.75) is 26.8 Å². The molecule has 0 aliphatic heterocycles. The fourth-order valence-electron chi connectivity index (χ4n) is 1.54. The fourth-order valence-corrected chi connectivity index (χ4v) is 1.54. The highest BCUT2D eigenvalue weighted by Gasteiger charge is 2.19. The summed E-state index contributed by atoms with van der Waals surface area (Å²) in [4.78, 5) is 23.5. The minimum absolute atomic E-state index is 0. The molecule has 0 fully saturated rings. The molecule has 0 radical (unpaired) electrons. The summed E-state index contributed by atoms with van der Waals surface area (Å²) in [5.41, 5.74) is 6.63. The minimum Gasteiger partial charge on any atom is -0.461 e. The van der Waals surface area contributed by atoms with Crippen molar-refractivity contribution < 1.29 is 14.3 Å². The number of halogens is 1. The summed E-state index contributed by atoms with van der Waals surface area (Å²) in [5.74, 6) is -0.881. The molecule has 2 atom stereocenters. The highest BCUT2D eigenvalue weighted by molar-refractivity contribution is 5.95. The quantitative estimate of drug-likeness (QED) is 0.808. The molecule has 0 spiro atoms. The number of nitrogens with two attached hydrogens (primary N) is 1. The van der Waals surface area contributed by atoms with E-state index in [1.54, 1.807) is 44.6 Å². The molecule has 1 aromatic rings. The molecule has 0 aliphatic rings. The number of nitrogens with one attached hydrogen (secondary N) is 1. The molecular weight excluding hydrogens is 282 g/mol. The number of carbonyl (C=O) groups is 2. The summed E-state index contributed by atoms with van der Waals surface area (Å²) in [6.07, 6.45) is 1.66. The van der Waals surface area contributed by atoms with E-state index in [0.717, 1.165) is 0 Å². The zero-order valence-electron chi connectivity index (χ0n) is 12.2. The van der Waals surface area contributed by atoms with Crippen molar-refractivity contribution in [2.75, 3.05) is 11.9 Å². The van der Waals surface area contributed by atoms with Gasteiger partial charge >= 0.3 is 5.97 Å². The molecule has 1 heterocycles. The Morgan fingerprint density at radius 1 is 1.45 bits per heavy atom. The lowest BCUT2D eigenvalue weighted by Crippen LogP contribution is -2.34. The zero-order chi connectivity index (χ0) is 14.6. The molecule has 114 valence electrons. The average Bonchev–Trinajstić information content (AvgIpc) is 2.69. The van der Waals surface area contributed by atoms with E-state index in [1.807, 2.05) is 0 Å². The number of amides is 1. The molecule has 2 unspecified atom stereocenters. The Morgan fingerprint density at radius 2 is 2.05 bits per heavy atom. The highest BCUT2D eigenvalue weighted by atomic mass is 35.5. The van der Waals surface area contributed by atoms with Gasteiger partial charge in [0, 0.05) is 19.3 Å². The predicted molar refractivity (Wildman–Crippen MR) is 80.1 cm³/mol. The second-order valence-corrected chi connectivity index (χ2v) is 4.58. The number of aromatic nitrogens is 1. The fraction of sp³-hybridized carbons (Fsp3) is 0.538. The number of esters is 1. The van der Waals surface area contributed by atoms with Crippen molar-refractivity contribution in [3.05, 3.63) is 18.0 Å². The average molecular weight is 304 g/mol. The lowest BCUT2D eigenvalue weighted by Gasteiger charge is -2.14. The summed E-state index contributed by atoms with van der Waals surface area (Å²) >= 11 is 0. The molecular formula is C13H22ClN3O3. The first-order valence-corrected chi connectivity index (χ1v) is 6.26. The first kappa shape index (κ1) is 18.5. The zero-order valence-corrected chi connectivity index (χ0v) is 13.0. The van der Waals surface area contributed by atoms with Gasteiger partial charge in [0.25, 0.3) is 0 Å². The van der Waals surface area contributed by atoms with E-state index in [0.29, 0.717) is 18.0 Å². The third-order valence-electron chi connectivity index (χ3n) is 2.96. The lowest BCUT2D eigenvalue weighted by atomic mass is 10.0. The third-order valence-corrected chi connectivity index (χ3v) is 2.96. The van der Waals surface area contributed by atoms with Crippen LogP contribution in [0.2, 0.25) is 0 Å². The smallest absolute Gasteiger partial charge is 0.355 e. The molecule has 3 N–H and O–H groups in total. The van der Waals surface area contributed by atoms with Gasteiger partial charge in [-0.1, -0.05) is 6.92 Å². The summed E-state index contributed by atoms with van der Waals surface area (Å²) in [7, 11) is 1.72. The standard InChI is InChI=1S/C13H21N3O3.ClH/c1-5-19-13(18)11-6-10(7-16(11)4)15-12(17)8(2)9(3)14;/h6-9H,5,14H2,1-4H3,(H,15,17);1H. The maximum absolute atomic E-state index is 11.9. The Hall–Kier alpha value is -1.53. The lowest BCUT2D eigenvalue weighted by molar-refractivity contribution is -0.119. The van der Waals surface area contributed by atoms with Crippen LogP contribution in [-0.2, 0) is 16.6 Å². The maximum Gasteiger partial charge on any atom is 0.355 e. The summed E-state index contributed by atoms with van der Waals surface area (Å²) in [6.45, 7) is 5.59. The van der Waals surface area contributed by atoms with E-state index in [1.165, 1.54) is 0 Å². The van der Waals surface area contributed by atoms with Gasteiger partial charge in [-0.25, -0.2) is 4.79 Å². The number of rotatable bonds is 5. The number of nitrogens with zero attached hydrogens (tertiary/aromatic N) is 1. The van der Waals surface area contributed by atoms with Gasteiger partial charge in [0.15, 0.2) is 0 Å². The van der Waals surface area contributed by atoms with Gasteiger partial charge in [-0.05, 0) is 19.9 Å². The van der Waals surface area contributed by atoms with Crippen LogP contribution in [0.5, 0.6) is 0 Å². The number of carbonyl (C=O) groups excluding carboxylic acids is 2. The Morgan fingerprint density at radius 3 is 2.55 bits per heavy atom.